The fourth-order valence-corrected chi connectivity index (χ4v) is 4.22. The highest BCUT2D eigenvalue weighted by Gasteiger charge is 2.30. The van der Waals surface area contributed by atoms with Crippen molar-refractivity contribution in [2.45, 2.75) is 12.6 Å². The molecule has 1 saturated heterocycles. The summed E-state index contributed by atoms with van der Waals surface area (Å²) in [5.74, 6) is -0.153. The van der Waals surface area contributed by atoms with E-state index in [-0.39, 0.29) is 24.8 Å². The number of hydrogen-bond donors (Lipinski definition) is 2. The molecular formula is C23H25F2N7O2. The van der Waals surface area contributed by atoms with Crippen LogP contribution in [0.25, 0.3) is 5.70 Å². The van der Waals surface area contributed by atoms with Gasteiger partial charge in [-0.25, -0.2) is 24.2 Å². The van der Waals surface area contributed by atoms with Gasteiger partial charge in [0.25, 0.3) is 0 Å². The van der Waals surface area contributed by atoms with E-state index in [1.807, 2.05) is 11.0 Å². The number of β-amino-alcohol motifs (C(OH)–C–C–N with tert-alkyl or cyclic N) is 1. The van der Waals surface area contributed by atoms with Crippen LogP contribution in [0.15, 0.2) is 53.4 Å². The maximum absolute atomic E-state index is 14.7. The Morgan fingerprint density at radius 1 is 1.09 bits per heavy atom. The first-order valence-electron chi connectivity index (χ1n) is 11.1. The SMILES string of the molecule is OCCN1CCN(c2nc(C3C=C(c4ccon4)N(Cc4ccccc4F)N3)ncc2F)CC1. The molecule has 0 radical (unpaired) electrons. The van der Waals surface area contributed by atoms with Crippen molar-refractivity contribution in [1.29, 1.82) is 0 Å². The van der Waals surface area contributed by atoms with Gasteiger partial charge in [-0.05, 0) is 12.1 Å². The minimum Gasteiger partial charge on any atom is -0.395 e. The molecule has 0 spiro atoms. The Morgan fingerprint density at radius 3 is 2.65 bits per heavy atom. The second-order valence-corrected chi connectivity index (χ2v) is 8.17. The molecular weight excluding hydrogens is 444 g/mol. The Hall–Kier alpha value is -3.41. The highest BCUT2D eigenvalue weighted by molar-refractivity contribution is 5.63. The molecule has 2 aromatic heterocycles. The zero-order chi connectivity index (χ0) is 23.5. The maximum atomic E-state index is 14.7. The van der Waals surface area contributed by atoms with Crippen molar-refractivity contribution in [1.82, 2.24) is 30.5 Å². The third-order valence-electron chi connectivity index (χ3n) is 6.01. The highest BCUT2D eigenvalue weighted by Crippen LogP contribution is 2.31. The van der Waals surface area contributed by atoms with Crippen molar-refractivity contribution in [2.75, 3.05) is 44.2 Å². The lowest BCUT2D eigenvalue weighted by atomic mass is 10.2. The molecule has 5 rings (SSSR count). The van der Waals surface area contributed by atoms with Crippen molar-refractivity contribution < 1.29 is 18.4 Å². The van der Waals surface area contributed by atoms with Crippen LogP contribution in [-0.2, 0) is 6.54 Å². The summed E-state index contributed by atoms with van der Waals surface area (Å²) in [7, 11) is 0. The summed E-state index contributed by atoms with van der Waals surface area (Å²) in [6.07, 6.45) is 4.52. The van der Waals surface area contributed by atoms with Gasteiger partial charge in [-0.1, -0.05) is 23.4 Å². The van der Waals surface area contributed by atoms with E-state index in [4.69, 9.17) is 9.63 Å². The largest absolute Gasteiger partial charge is 0.395 e. The first-order chi connectivity index (χ1) is 16.6. The number of aromatic nitrogens is 3. The molecule has 3 aromatic rings. The Morgan fingerprint density at radius 2 is 1.91 bits per heavy atom. The zero-order valence-electron chi connectivity index (χ0n) is 18.4. The number of hydrazine groups is 1. The molecule has 1 aromatic carbocycles. The highest BCUT2D eigenvalue weighted by atomic mass is 19.1. The number of benzene rings is 1. The van der Waals surface area contributed by atoms with Crippen LogP contribution in [0.2, 0.25) is 0 Å². The van der Waals surface area contributed by atoms with E-state index in [2.05, 4.69) is 25.5 Å². The van der Waals surface area contributed by atoms with E-state index in [1.54, 1.807) is 29.3 Å². The average Bonchev–Trinajstić information content (AvgIpc) is 3.52. The van der Waals surface area contributed by atoms with E-state index in [1.165, 1.54) is 18.5 Å². The van der Waals surface area contributed by atoms with Crippen molar-refractivity contribution in [3.05, 3.63) is 77.6 Å². The summed E-state index contributed by atoms with van der Waals surface area (Å²) in [6, 6.07) is 7.80. The second-order valence-electron chi connectivity index (χ2n) is 8.17. The number of nitrogens with zero attached hydrogens (tertiary/aromatic N) is 6. The summed E-state index contributed by atoms with van der Waals surface area (Å²) in [6.45, 7) is 3.58. The average molecular weight is 469 g/mol. The van der Waals surface area contributed by atoms with E-state index < -0.39 is 11.9 Å². The van der Waals surface area contributed by atoms with Crippen LogP contribution >= 0.6 is 0 Å². The van der Waals surface area contributed by atoms with Gasteiger partial charge in [-0.2, -0.15) is 0 Å². The lowest BCUT2D eigenvalue weighted by molar-refractivity contribution is 0.188. The molecule has 0 aliphatic carbocycles. The summed E-state index contributed by atoms with van der Waals surface area (Å²) < 4.78 is 34.0. The lowest BCUT2D eigenvalue weighted by Crippen LogP contribution is -2.47. The van der Waals surface area contributed by atoms with Gasteiger partial charge < -0.3 is 19.5 Å². The minimum atomic E-state index is -0.485. The van der Waals surface area contributed by atoms with Gasteiger partial charge >= 0.3 is 0 Å². The number of hydrogen-bond acceptors (Lipinski definition) is 9. The molecule has 1 unspecified atom stereocenters. The van der Waals surface area contributed by atoms with Gasteiger partial charge in [0, 0.05) is 44.4 Å². The quantitative estimate of drug-likeness (QED) is 0.539. The van der Waals surface area contributed by atoms with Crippen molar-refractivity contribution in [3.8, 4) is 0 Å². The minimum absolute atomic E-state index is 0.100. The predicted molar refractivity (Wildman–Crippen MR) is 120 cm³/mol. The third-order valence-corrected chi connectivity index (χ3v) is 6.01. The summed E-state index contributed by atoms with van der Waals surface area (Å²) in [5.41, 5.74) is 5.06. The van der Waals surface area contributed by atoms with Crippen molar-refractivity contribution in [3.63, 3.8) is 0 Å². The first kappa shape index (κ1) is 22.4. The molecule has 0 bridgehead atoms. The second kappa shape index (κ2) is 9.84. The van der Waals surface area contributed by atoms with Gasteiger partial charge in [0.15, 0.2) is 17.5 Å². The van der Waals surface area contributed by atoms with Crippen LogP contribution in [0.4, 0.5) is 14.6 Å². The number of nitrogens with one attached hydrogen (secondary N) is 1. The number of halogens is 2. The van der Waals surface area contributed by atoms with E-state index >= 15 is 0 Å². The molecule has 2 aliphatic heterocycles. The molecule has 0 saturated carbocycles. The Labute approximate surface area is 195 Å². The van der Waals surface area contributed by atoms with Gasteiger partial charge in [-0.3, -0.25) is 4.90 Å². The monoisotopic (exact) mass is 469 g/mol. The van der Waals surface area contributed by atoms with Crippen LogP contribution in [0.3, 0.4) is 0 Å². The number of rotatable bonds is 7. The van der Waals surface area contributed by atoms with E-state index in [0.29, 0.717) is 55.5 Å². The zero-order valence-corrected chi connectivity index (χ0v) is 18.4. The fourth-order valence-electron chi connectivity index (χ4n) is 4.22. The molecule has 1 atom stereocenters. The van der Waals surface area contributed by atoms with Crippen LogP contribution in [0.1, 0.15) is 23.1 Å². The number of aliphatic hydroxyl groups excluding tert-OH is 1. The van der Waals surface area contributed by atoms with Gasteiger partial charge in [0.05, 0.1) is 25.0 Å². The maximum Gasteiger partial charge on any atom is 0.183 e. The lowest BCUT2D eigenvalue weighted by Gasteiger charge is -2.35. The molecule has 11 heteroatoms. The molecule has 2 aliphatic rings. The Kier molecular flexibility index (Phi) is 6.48. The van der Waals surface area contributed by atoms with Crippen LogP contribution in [0.5, 0.6) is 0 Å². The number of anilines is 1. The first-order valence-corrected chi connectivity index (χ1v) is 11.1. The summed E-state index contributed by atoms with van der Waals surface area (Å²) in [4.78, 5) is 12.8. The summed E-state index contributed by atoms with van der Waals surface area (Å²) >= 11 is 0. The molecule has 34 heavy (non-hydrogen) atoms. The van der Waals surface area contributed by atoms with Crippen LogP contribution < -0.4 is 10.3 Å². The summed E-state index contributed by atoms with van der Waals surface area (Å²) in [5, 5.41) is 14.9. The van der Waals surface area contributed by atoms with Crippen molar-refractivity contribution in [2.24, 2.45) is 0 Å². The molecule has 2 N–H and O–H groups in total. The third kappa shape index (κ3) is 4.63. The van der Waals surface area contributed by atoms with Gasteiger partial charge in [-0.15, -0.1) is 0 Å². The van der Waals surface area contributed by atoms with E-state index in [9.17, 15) is 8.78 Å². The van der Waals surface area contributed by atoms with Crippen LogP contribution in [-0.4, -0.2) is 69.5 Å². The molecule has 178 valence electrons. The topological polar surface area (TPSA) is 93.8 Å². The standard InChI is InChI=1S/C23H25F2N7O2/c24-17-4-2-1-3-16(17)15-32-21(19-5-12-34-29-19)13-20(28-32)22-26-14-18(25)23(27-22)31-8-6-30(7-9-31)10-11-33/h1-5,12-14,20,28,33H,6-11,15H2. The molecule has 1 fully saturated rings. The van der Waals surface area contributed by atoms with Gasteiger partial charge in [0.2, 0.25) is 0 Å². The van der Waals surface area contributed by atoms with E-state index in [0.717, 1.165) is 0 Å². The predicted octanol–water partition coefficient (Wildman–Crippen LogP) is 1.96. The van der Waals surface area contributed by atoms with Crippen molar-refractivity contribution >= 4 is 11.5 Å². The van der Waals surface area contributed by atoms with Crippen LogP contribution in [0, 0.1) is 11.6 Å². The fraction of sp³-hybridized carbons (Fsp3) is 0.348. The van der Waals surface area contributed by atoms with Gasteiger partial charge in [0.1, 0.15) is 23.8 Å². The number of piperazine rings is 1. The normalized spacial score (nSPS) is 19.0. The Bertz CT molecular complexity index is 1150. The molecule has 4 heterocycles. The number of aliphatic hydroxyl groups is 1. The molecule has 9 nitrogen and oxygen atoms in total. The Balaban J connectivity index is 1.39. The smallest absolute Gasteiger partial charge is 0.183 e. The molecule has 0 amide bonds.